The Morgan fingerprint density at radius 2 is 1.92 bits per heavy atom. The lowest BCUT2D eigenvalue weighted by Crippen LogP contribution is -1.63. The molecule has 1 aromatic heterocycles. The van der Waals surface area contributed by atoms with Crippen molar-refractivity contribution in [1.82, 2.24) is 4.98 Å². The summed E-state index contributed by atoms with van der Waals surface area (Å²) in [7, 11) is 4.81. The number of aryl methyl sites for hydroxylation is 1. The van der Waals surface area contributed by atoms with E-state index in [4.69, 9.17) is 8.42 Å². The molecule has 0 amide bonds. The molecule has 0 unspecified atom stereocenters. The molecule has 3 nitrogen and oxygen atoms in total. The van der Waals surface area contributed by atoms with Gasteiger partial charge in [-0.25, -0.2) is 0 Å². The van der Waals surface area contributed by atoms with Crippen LogP contribution in [0.25, 0.3) is 0 Å². The zero-order chi connectivity index (χ0) is 8.91. The first-order chi connectivity index (χ1) is 4.89. The highest BCUT2D eigenvalue weighted by Gasteiger charge is 1.88. The third-order valence-electron chi connectivity index (χ3n) is 0.556. The van der Waals surface area contributed by atoms with Crippen molar-refractivity contribution in [3.8, 4) is 0 Å². The van der Waals surface area contributed by atoms with Crippen molar-refractivity contribution in [1.29, 1.82) is 0 Å². The number of aromatic nitrogens is 1. The van der Waals surface area contributed by atoms with Crippen LogP contribution < -0.4 is 0 Å². The Labute approximate surface area is 90.1 Å². The molecule has 0 aromatic carbocycles. The lowest BCUT2D eigenvalue weighted by molar-refractivity contribution is 0.621. The van der Waals surface area contributed by atoms with Crippen LogP contribution in [0.3, 0.4) is 0 Å². The minimum atomic E-state index is -3.72. The first-order valence-corrected chi connectivity index (χ1v) is 6.46. The molecule has 1 aromatic rings. The standard InChI is InChI=1S/C4H5NS.Cl2O2S.ClH/c1-4-2-6-3-5-4;1-5(2,3)4;/h2-3H,1H3;;1H. The summed E-state index contributed by atoms with van der Waals surface area (Å²) < 4.78 is 18.3. The summed E-state index contributed by atoms with van der Waals surface area (Å²) in [5.41, 5.74) is 2.94. The second-order valence-electron chi connectivity index (χ2n) is 1.51. The summed E-state index contributed by atoms with van der Waals surface area (Å²) in [5, 5.41) is 2.01. The molecule has 8 heteroatoms. The van der Waals surface area contributed by atoms with Crippen molar-refractivity contribution in [2.75, 3.05) is 0 Å². The molecule has 0 N–H and O–H groups in total. The van der Waals surface area contributed by atoms with Crippen molar-refractivity contribution in [3.05, 3.63) is 16.6 Å². The molecular weight excluding hydrogens is 265 g/mol. The van der Waals surface area contributed by atoms with E-state index in [-0.39, 0.29) is 12.4 Å². The highest BCUT2D eigenvalue weighted by molar-refractivity contribution is 8.31. The Balaban J connectivity index is 0. The zero-order valence-corrected chi connectivity index (χ0v) is 9.86. The topological polar surface area (TPSA) is 47.0 Å². The fourth-order valence-electron chi connectivity index (χ4n) is 0.273. The van der Waals surface area contributed by atoms with E-state index in [0.29, 0.717) is 0 Å². The van der Waals surface area contributed by atoms with Gasteiger partial charge in [-0.05, 0) is 6.92 Å². The molecule has 72 valence electrons. The van der Waals surface area contributed by atoms with Crippen LogP contribution in [-0.4, -0.2) is 13.4 Å². The van der Waals surface area contributed by atoms with Crippen molar-refractivity contribution >= 4 is 53.4 Å². The van der Waals surface area contributed by atoms with Crippen LogP contribution in [-0.2, 0) is 8.26 Å². The van der Waals surface area contributed by atoms with Gasteiger partial charge in [0.15, 0.2) is 0 Å². The number of hydrogen-bond acceptors (Lipinski definition) is 4. The van der Waals surface area contributed by atoms with E-state index in [1.54, 1.807) is 11.3 Å². The van der Waals surface area contributed by atoms with E-state index in [1.165, 1.54) is 0 Å². The average Bonchev–Trinajstić information content (AvgIpc) is 2.12. The Morgan fingerprint density at radius 3 is 2.00 bits per heavy atom. The van der Waals surface area contributed by atoms with Gasteiger partial charge in [0.2, 0.25) is 0 Å². The van der Waals surface area contributed by atoms with Gasteiger partial charge in [-0.1, -0.05) is 0 Å². The second-order valence-corrected chi connectivity index (χ2v) is 5.90. The van der Waals surface area contributed by atoms with Crippen LogP contribution in [0.2, 0.25) is 0 Å². The van der Waals surface area contributed by atoms with Gasteiger partial charge in [-0.2, -0.15) is 8.42 Å². The lowest BCUT2D eigenvalue weighted by atomic mass is 10.6. The van der Waals surface area contributed by atoms with Crippen LogP contribution in [0.5, 0.6) is 0 Å². The maximum atomic E-state index is 9.16. The molecule has 0 aliphatic carbocycles. The van der Waals surface area contributed by atoms with Crippen molar-refractivity contribution in [2.24, 2.45) is 0 Å². The summed E-state index contributed by atoms with van der Waals surface area (Å²) in [6.07, 6.45) is 0. The molecule has 0 radical (unpaired) electrons. The first-order valence-electron chi connectivity index (χ1n) is 2.38. The molecule has 0 fully saturated rings. The van der Waals surface area contributed by atoms with Crippen LogP contribution in [0.4, 0.5) is 0 Å². The van der Waals surface area contributed by atoms with E-state index in [2.05, 4.69) is 26.3 Å². The summed E-state index contributed by atoms with van der Waals surface area (Å²) in [6.45, 7) is 1.98. The first kappa shape index (κ1) is 14.9. The molecular formula is C4H6Cl3NO2S2. The number of hydrogen-bond donors (Lipinski definition) is 0. The molecule has 0 aliphatic rings. The van der Waals surface area contributed by atoms with Crippen molar-refractivity contribution in [3.63, 3.8) is 0 Å². The molecule has 12 heavy (non-hydrogen) atoms. The smallest absolute Gasteiger partial charge is 0.250 e. The number of nitrogens with zero attached hydrogens (tertiary/aromatic N) is 1. The molecule has 0 spiro atoms. The predicted octanol–water partition coefficient (Wildman–Crippen LogP) is 2.58. The number of rotatable bonds is 0. The Kier molecular flexibility index (Phi) is 8.61. The minimum absolute atomic E-state index is 0. The van der Waals surface area contributed by atoms with Crippen LogP contribution in [0.15, 0.2) is 10.9 Å². The molecule has 0 saturated heterocycles. The van der Waals surface area contributed by atoms with E-state index in [9.17, 15) is 0 Å². The Bertz CT molecular complexity index is 275. The lowest BCUT2D eigenvalue weighted by Gasteiger charge is -1.64. The van der Waals surface area contributed by atoms with Crippen LogP contribution in [0, 0.1) is 6.92 Å². The summed E-state index contributed by atoms with van der Waals surface area (Å²) in [5.74, 6) is 0. The maximum Gasteiger partial charge on any atom is 0.317 e. The van der Waals surface area contributed by atoms with Gasteiger partial charge in [-0.3, -0.25) is 4.98 Å². The number of thiazole rings is 1. The fraction of sp³-hybridized carbons (Fsp3) is 0.250. The van der Waals surface area contributed by atoms with E-state index in [0.717, 1.165) is 5.69 Å². The van der Waals surface area contributed by atoms with Gasteiger partial charge in [0.05, 0.1) is 5.51 Å². The van der Waals surface area contributed by atoms with Crippen molar-refractivity contribution < 1.29 is 8.42 Å². The average molecular weight is 271 g/mol. The predicted molar refractivity (Wildman–Crippen MR) is 54.7 cm³/mol. The Hall–Kier alpha value is 0.450. The highest BCUT2D eigenvalue weighted by Crippen LogP contribution is 1.98. The van der Waals surface area contributed by atoms with Gasteiger partial charge in [0, 0.05) is 32.4 Å². The zero-order valence-electron chi connectivity index (χ0n) is 5.90. The number of halogens is 3. The van der Waals surface area contributed by atoms with E-state index < -0.39 is 8.26 Å². The molecule has 0 saturated carbocycles. The minimum Gasteiger partial charge on any atom is -0.250 e. The normalized spacial score (nSPS) is 9.25. The summed E-state index contributed by atoms with van der Waals surface area (Å²) >= 11 is 1.63. The molecule has 0 atom stereocenters. The van der Waals surface area contributed by atoms with Gasteiger partial charge < -0.3 is 0 Å². The quantitative estimate of drug-likeness (QED) is 0.681. The van der Waals surface area contributed by atoms with E-state index >= 15 is 0 Å². The van der Waals surface area contributed by atoms with Gasteiger partial charge >= 0.3 is 8.26 Å². The molecule has 0 bridgehead atoms. The second kappa shape index (κ2) is 6.91. The van der Waals surface area contributed by atoms with Crippen LogP contribution >= 0.6 is 45.1 Å². The molecule has 0 aliphatic heterocycles. The largest absolute Gasteiger partial charge is 0.317 e. The Morgan fingerprint density at radius 1 is 1.50 bits per heavy atom. The van der Waals surface area contributed by atoms with Crippen LogP contribution in [0.1, 0.15) is 5.69 Å². The third-order valence-corrected chi connectivity index (χ3v) is 1.26. The monoisotopic (exact) mass is 269 g/mol. The van der Waals surface area contributed by atoms with E-state index in [1.807, 2.05) is 17.8 Å². The van der Waals surface area contributed by atoms with Gasteiger partial charge in [-0.15, -0.1) is 23.7 Å². The maximum absolute atomic E-state index is 9.16. The van der Waals surface area contributed by atoms with Gasteiger partial charge in [0.25, 0.3) is 0 Å². The SMILES string of the molecule is Cc1cscn1.Cl.O=S(=O)(Cl)Cl. The molecule has 1 heterocycles. The van der Waals surface area contributed by atoms with Crippen molar-refractivity contribution in [2.45, 2.75) is 6.92 Å². The molecule has 1 rings (SSSR count). The van der Waals surface area contributed by atoms with Gasteiger partial charge in [0.1, 0.15) is 0 Å². The summed E-state index contributed by atoms with van der Waals surface area (Å²) in [6, 6.07) is 0. The summed E-state index contributed by atoms with van der Waals surface area (Å²) in [4.78, 5) is 3.94. The fourth-order valence-corrected chi connectivity index (χ4v) is 0.819. The highest BCUT2D eigenvalue weighted by atomic mass is 36.0. The third kappa shape index (κ3) is 16.8.